The number of hydrogen-bond acceptors (Lipinski definition) is 2. The lowest BCUT2D eigenvalue weighted by molar-refractivity contribution is -0.146. The van der Waals surface area contributed by atoms with E-state index in [9.17, 15) is 9.90 Å². The summed E-state index contributed by atoms with van der Waals surface area (Å²) in [4.78, 5) is 10.6. The van der Waals surface area contributed by atoms with Crippen LogP contribution in [-0.4, -0.2) is 16.2 Å². The number of benzene rings is 1. The Labute approximate surface area is 92.6 Å². The molecule has 1 unspecified atom stereocenters. The first-order valence-corrected chi connectivity index (χ1v) is 4.67. The number of allylic oxidation sites excluding steroid dienone is 1. The van der Waals surface area contributed by atoms with E-state index in [1.165, 1.54) is 6.07 Å². The second-order valence-corrected chi connectivity index (χ2v) is 3.73. The summed E-state index contributed by atoms with van der Waals surface area (Å²) >= 11 is 5.80. The fourth-order valence-corrected chi connectivity index (χ4v) is 1.40. The van der Waals surface area contributed by atoms with Crippen molar-refractivity contribution >= 4 is 23.1 Å². The molecule has 1 rings (SSSR count). The zero-order valence-corrected chi connectivity index (χ0v) is 8.95. The topological polar surface area (TPSA) is 57.5 Å². The highest BCUT2D eigenvalue weighted by Gasteiger charge is 2.16. The van der Waals surface area contributed by atoms with Gasteiger partial charge in [-0.3, -0.25) is 0 Å². The molecule has 0 amide bonds. The fraction of sp³-hybridized carbons (Fsp3) is 0.182. The highest BCUT2D eigenvalue weighted by atomic mass is 35.5. The number of carboxylic acids is 1. The Balaban J connectivity index is 3.20. The standard InChI is InChI=1S/C11H11ClO3/c1-6(2)7-3-8(5-9(12)4-7)10(13)11(14)15/h3-5,10,13H,1H2,2H3,(H,14,15). The number of aliphatic hydroxyl groups is 1. The zero-order chi connectivity index (χ0) is 11.6. The predicted octanol–water partition coefficient (Wildman–Crippen LogP) is 2.49. The summed E-state index contributed by atoms with van der Waals surface area (Å²) in [5, 5.41) is 18.4. The molecule has 0 aliphatic heterocycles. The van der Waals surface area contributed by atoms with Crippen LogP contribution >= 0.6 is 11.6 Å². The van der Waals surface area contributed by atoms with Gasteiger partial charge in [0.05, 0.1) is 0 Å². The van der Waals surface area contributed by atoms with Gasteiger partial charge >= 0.3 is 5.97 Å². The maximum atomic E-state index is 10.6. The van der Waals surface area contributed by atoms with Gasteiger partial charge in [0.2, 0.25) is 0 Å². The molecule has 0 aliphatic rings. The third-order valence-corrected chi connectivity index (χ3v) is 2.18. The molecule has 3 nitrogen and oxygen atoms in total. The summed E-state index contributed by atoms with van der Waals surface area (Å²) in [6.45, 7) is 5.50. The van der Waals surface area contributed by atoms with E-state index in [2.05, 4.69) is 6.58 Å². The Morgan fingerprint density at radius 2 is 2.07 bits per heavy atom. The second-order valence-electron chi connectivity index (χ2n) is 3.29. The fourth-order valence-electron chi connectivity index (χ4n) is 1.16. The molecule has 0 heterocycles. The van der Waals surface area contributed by atoms with Gasteiger partial charge in [-0.15, -0.1) is 0 Å². The van der Waals surface area contributed by atoms with Crippen LogP contribution in [0, 0.1) is 0 Å². The van der Waals surface area contributed by atoms with Crippen molar-refractivity contribution in [3.63, 3.8) is 0 Å². The Hall–Kier alpha value is -1.32. The smallest absolute Gasteiger partial charge is 0.337 e. The van der Waals surface area contributed by atoms with Crippen LogP contribution in [0.2, 0.25) is 5.02 Å². The third kappa shape index (κ3) is 2.81. The Kier molecular flexibility index (Phi) is 3.50. The summed E-state index contributed by atoms with van der Waals surface area (Å²) in [7, 11) is 0. The van der Waals surface area contributed by atoms with Crippen molar-refractivity contribution in [1.29, 1.82) is 0 Å². The summed E-state index contributed by atoms with van der Waals surface area (Å²) in [6.07, 6.45) is -1.55. The van der Waals surface area contributed by atoms with Crippen molar-refractivity contribution in [2.45, 2.75) is 13.0 Å². The largest absolute Gasteiger partial charge is 0.479 e. The Morgan fingerprint density at radius 3 is 2.53 bits per heavy atom. The van der Waals surface area contributed by atoms with Gasteiger partial charge in [-0.05, 0) is 36.2 Å². The normalized spacial score (nSPS) is 12.2. The second kappa shape index (κ2) is 4.47. The molecule has 0 saturated heterocycles. The molecule has 0 radical (unpaired) electrons. The number of aliphatic hydroxyl groups excluding tert-OH is 1. The first-order chi connectivity index (χ1) is 6.91. The molecule has 2 N–H and O–H groups in total. The first-order valence-electron chi connectivity index (χ1n) is 4.29. The van der Waals surface area contributed by atoms with Crippen LogP contribution in [0.5, 0.6) is 0 Å². The summed E-state index contributed by atoms with van der Waals surface area (Å²) in [6, 6.07) is 4.65. The van der Waals surface area contributed by atoms with Crippen molar-refractivity contribution in [3.05, 3.63) is 40.9 Å². The quantitative estimate of drug-likeness (QED) is 0.833. The first kappa shape index (κ1) is 11.8. The van der Waals surface area contributed by atoms with Crippen LogP contribution in [0.4, 0.5) is 0 Å². The molecule has 1 aromatic carbocycles. The minimum Gasteiger partial charge on any atom is -0.479 e. The van der Waals surface area contributed by atoms with Crippen LogP contribution in [0.15, 0.2) is 24.8 Å². The summed E-state index contributed by atoms with van der Waals surface area (Å²) < 4.78 is 0. The molecule has 0 fully saturated rings. The van der Waals surface area contributed by atoms with Crippen molar-refractivity contribution in [2.24, 2.45) is 0 Å². The molecule has 0 spiro atoms. The van der Waals surface area contributed by atoms with E-state index in [0.717, 1.165) is 11.1 Å². The van der Waals surface area contributed by atoms with Crippen molar-refractivity contribution in [2.75, 3.05) is 0 Å². The summed E-state index contributed by atoms with van der Waals surface area (Å²) in [5.74, 6) is -1.30. The summed E-state index contributed by atoms with van der Waals surface area (Å²) in [5.41, 5.74) is 1.74. The highest BCUT2D eigenvalue weighted by molar-refractivity contribution is 6.30. The lowest BCUT2D eigenvalue weighted by atomic mass is 10.0. The van der Waals surface area contributed by atoms with Crippen LogP contribution in [-0.2, 0) is 4.79 Å². The maximum Gasteiger partial charge on any atom is 0.337 e. The molecule has 0 aliphatic carbocycles. The van der Waals surface area contributed by atoms with E-state index in [-0.39, 0.29) is 5.56 Å². The average molecular weight is 227 g/mol. The molecular formula is C11H11ClO3. The highest BCUT2D eigenvalue weighted by Crippen LogP contribution is 2.24. The zero-order valence-electron chi connectivity index (χ0n) is 8.20. The van der Waals surface area contributed by atoms with Gasteiger partial charge in [-0.25, -0.2) is 4.79 Å². The van der Waals surface area contributed by atoms with E-state index in [1.807, 2.05) is 0 Å². The molecule has 1 aromatic rings. The average Bonchev–Trinajstić information content (AvgIpc) is 2.15. The van der Waals surface area contributed by atoms with E-state index in [0.29, 0.717) is 5.02 Å². The van der Waals surface area contributed by atoms with E-state index < -0.39 is 12.1 Å². The minimum absolute atomic E-state index is 0.257. The predicted molar refractivity (Wildman–Crippen MR) is 58.8 cm³/mol. The van der Waals surface area contributed by atoms with Crippen LogP contribution in [0.25, 0.3) is 5.57 Å². The van der Waals surface area contributed by atoms with E-state index in [1.54, 1.807) is 19.1 Å². The van der Waals surface area contributed by atoms with Crippen molar-refractivity contribution in [3.8, 4) is 0 Å². The van der Waals surface area contributed by atoms with Crippen LogP contribution < -0.4 is 0 Å². The SMILES string of the molecule is C=C(C)c1cc(Cl)cc(C(O)C(=O)O)c1. The maximum absolute atomic E-state index is 10.6. The van der Waals surface area contributed by atoms with Gasteiger partial charge in [-0.1, -0.05) is 23.8 Å². The molecule has 80 valence electrons. The lowest BCUT2D eigenvalue weighted by Gasteiger charge is -2.09. The van der Waals surface area contributed by atoms with Gasteiger partial charge in [0, 0.05) is 5.02 Å². The molecule has 4 heteroatoms. The molecule has 0 aromatic heterocycles. The number of aliphatic carboxylic acids is 1. The van der Waals surface area contributed by atoms with E-state index in [4.69, 9.17) is 16.7 Å². The number of carboxylic acid groups (broad SMARTS) is 1. The third-order valence-electron chi connectivity index (χ3n) is 1.96. The van der Waals surface area contributed by atoms with Gasteiger partial charge in [0.25, 0.3) is 0 Å². The van der Waals surface area contributed by atoms with Crippen molar-refractivity contribution in [1.82, 2.24) is 0 Å². The van der Waals surface area contributed by atoms with Crippen molar-refractivity contribution < 1.29 is 15.0 Å². The monoisotopic (exact) mass is 226 g/mol. The van der Waals surface area contributed by atoms with Crippen LogP contribution in [0.1, 0.15) is 24.2 Å². The number of halogens is 1. The lowest BCUT2D eigenvalue weighted by Crippen LogP contribution is -2.10. The Bertz CT molecular complexity index is 412. The van der Waals surface area contributed by atoms with Gasteiger partial charge in [-0.2, -0.15) is 0 Å². The molecule has 1 atom stereocenters. The van der Waals surface area contributed by atoms with E-state index >= 15 is 0 Å². The van der Waals surface area contributed by atoms with Crippen LogP contribution in [0.3, 0.4) is 0 Å². The van der Waals surface area contributed by atoms with Gasteiger partial charge in [0.15, 0.2) is 6.10 Å². The number of carbonyl (C=O) groups is 1. The van der Waals surface area contributed by atoms with Gasteiger partial charge < -0.3 is 10.2 Å². The number of hydrogen-bond donors (Lipinski definition) is 2. The molecule has 15 heavy (non-hydrogen) atoms. The molecule has 0 bridgehead atoms. The molecular weight excluding hydrogens is 216 g/mol. The van der Waals surface area contributed by atoms with Gasteiger partial charge in [0.1, 0.15) is 0 Å². The molecule has 0 saturated carbocycles. The Morgan fingerprint density at radius 1 is 1.47 bits per heavy atom. The minimum atomic E-state index is -1.55. The number of rotatable bonds is 3.